The number of likely N-dealkylation sites (tertiary alicyclic amines) is 1. The fraction of sp³-hybridized carbons (Fsp3) is 0.556. The molecule has 1 aromatic carbocycles. The summed E-state index contributed by atoms with van der Waals surface area (Å²) >= 11 is 0. The molecule has 1 aromatic heterocycles. The number of fused-ring (bicyclic) bond motifs is 1. The van der Waals surface area contributed by atoms with Gasteiger partial charge < -0.3 is 18.9 Å². The summed E-state index contributed by atoms with van der Waals surface area (Å²) in [6, 6.07) is 9.07. The number of hydrogen-bond acceptors (Lipinski definition) is 3. The van der Waals surface area contributed by atoms with E-state index in [4.69, 9.17) is 9.47 Å². The molecule has 0 spiro atoms. The highest BCUT2D eigenvalue weighted by atomic mass is 16.5. The number of piperidine rings is 1. The van der Waals surface area contributed by atoms with Crippen molar-refractivity contribution >= 4 is 10.9 Å². The van der Waals surface area contributed by atoms with Crippen molar-refractivity contribution in [2.45, 2.75) is 31.4 Å². The minimum absolute atomic E-state index is 0.347. The first-order valence-electron chi connectivity index (χ1n) is 8.34. The second kappa shape index (κ2) is 5.94. The summed E-state index contributed by atoms with van der Waals surface area (Å²) in [5, 5.41) is 1.23. The summed E-state index contributed by atoms with van der Waals surface area (Å²) in [6.45, 7) is 3.95. The molecule has 0 N–H and O–H groups in total. The van der Waals surface area contributed by atoms with Crippen LogP contribution in [-0.2, 0) is 4.74 Å². The van der Waals surface area contributed by atoms with Gasteiger partial charge in [0.1, 0.15) is 11.9 Å². The van der Waals surface area contributed by atoms with E-state index >= 15 is 0 Å². The van der Waals surface area contributed by atoms with Crippen molar-refractivity contribution in [3.63, 3.8) is 0 Å². The molecule has 3 heterocycles. The van der Waals surface area contributed by atoms with Gasteiger partial charge in [0.2, 0.25) is 0 Å². The topological polar surface area (TPSA) is 26.6 Å². The molecular formula is C18H24N2O2. The van der Waals surface area contributed by atoms with Crippen LogP contribution in [0, 0.1) is 0 Å². The van der Waals surface area contributed by atoms with Crippen molar-refractivity contribution < 1.29 is 9.47 Å². The quantitative estimate of drug-likeness (QED) is 0.871. The third-order valence-corrected chi connectivity index (χ3v) is 4.98. The predicted molar refractivity (Wildman–Crippen MR) is 87.6 cm³/mol. The molecule has 2 fully saturated rings. The lowest BCUT2D eigenvalue weighted by atomic mass is 10.1. The maximum Gasteiger partial charge on any atom is 0.129 e. The lowest BCUT2D eigenvalue weighted by Crippen LogP contribution is -2.35. The maximum atomic E-state index is 6.32. The zero-order valence-electron chi connectivity index (χ0n) is 13.2. The molecule has 118 valence electrons. The molecule has 1 atom stereocenters. The average molecular weight is 300 g/mol. The van der Waals surface area contributed by atoms with E-state index in [9.17, 15) is 0 Å². The maximum absolute atomic E-state index is 6.32. The fourth-order valence-corrected chi connectivity index (χ4v) is 3.61. The predicted octanol–water partition coefficient (Wildman–Crippen LogP) is 3.08. The number of aromatic nitrogens is 1. The summed E-state index contributed by atoms with van der Waals surface area (Å²) in [5.41, 5.74) is 1.26. The smallest absolute Gasteiger partial charge is 0.129 e. The molecule has 0 amide bonds. The lowest BCUT2D eigenvalue weighted by Gasteiger charge is -2.29. The van der Waals surface area contributed by atoms with E-state index in [1.807, 2.05) is 0 Å². The Morgan fingerprint density at radius 1 is 1.14 bits per heavy atom. The Kier molecular flexibility index (Phi) is 3.80. The van der Waals surface area contributed by atoms with Crippen LogP contribution < -0.4 is 4.74 Å². The molecule has 2 aliphatic heterocycles. The normalized spacial score (nSPS) is 24.1. The van der Waals surface area contributed by atoms with E-state index in [-0.39, 0.29) is 0 Å². The van der Waals surface area contributed by atoms with Crippen LogP contribution in [0.15, 0.2) is 30.5 Å². The van der Waals surface area contributed by atoms with Gasteiger partial charge in [0.15, 0.2) is 0 Å². The van der Waals surface area contributed by atoms with E-state index in [0.717, 1.165) is 51.3 Å². The molecule has 0 saturated carbocycles. The van der Waals surface area contributed by atoms with Gasteiger partial charge in [-0.25, -0.2) is 0 Å². The zero-order valence-corrected chi connectivity index (χ0v) is 13.2. The Labute approximate surface area is 131 Å². The molecule has 1 unspecified atom stereocenters. The van der Waals surface area contributed by atoms with E-state index in [1.165, 1.54) is 10.9 Å². The SMILES string of the molecule is CN1CCC(Oc2cccc3c2ccn3C2CCOC2)CC1. The molecule has 2 aliphatic rings. The molecule has 4 rings (SSSR count). The van der Waals surface area contributed by atoms with Crippen molar-refractivity contribution in [3.8, 4) is 5.75 Å². The zero-order chi connectivity index (χ0) is 14.9. The molecule has 22 heavy (non-hydrogen) atoms. The largest absolute Gasteiger partial charge is 0.490 e. The Morgan fingerprint density at radius 3 is 2.77 bits per heavy atom. The van der Waals surface area contributed by atoms with Gasteiger partial charge in [-0.05, 0) is 44.5 Å². The summed E-state index contributed by atoms with van der Waals surface area (Å²) in [4.78, 5) is 2.37. The molecule has 0 aliphatic carbocycles. The van der Waals surface area contributed by atoms with Gasteiger partial charge >= 0.3 is 0 Å². The number of benzene rings is 1. The Morgan fingerprint density at radius 2 is 2.00 bits per heavy atom. The van der Waals surface area contributed by atoms with Crippen molar-refractivity contribution in [1.82, 2.24) is 9.47 Å². The molecular weight excluding hydrogens is 276 g/mol. The monoisotopic (exact) mass is 300 g/mol. The highest BCUT2D eigenvalue weighted by Gasteiger charge is 2.21. The first kappa shape index (κ1) is 14.1. The van der Waals surface area contributed by atoms with Gasteiger partial charge in [-0.2, -0.15) is 0 Å². The second-order valence-electron chi connectivity index (χ2n) is 6.55. The van der Waals surface area contributed by atoms with Crippen molar-refractivity contribution in [1.29, 1.82) is 0 Å². The molecule has 2 aromatic rings. The minimum Gasteiger partial charge on any atom is -0.490 e. The fourth-order valence-electron chi connectivity index (χ4n) is 3.61. The van der Waals surface area contributed by atoms with E-state index < -0.39 is 0 Å². The highest BCUT2D eigenvalue weighted by Crippen LogP contribution is 2.32. The third-order valence-electron chi connectivity index (χ3n) is 4.98. The third kappa shape index (κ3) is 2.61. The van der Waals surface area contributed by atoms with Crippen LogP contribution in [-0.4, -0.2) is 48.9 Å². The molecule has 4 heteroatoms. The average Bonchev–Trinajstić information content (AvgIpc) is 3.18. The molecule has 4 nitrogen and oxygen atoms in total. The second-order valence-corrected chi connectivity index (χ2v) is 6.55. The van der Waals surface area contributed by atoms with Gasteiger partial charge in [-0.3, -0.25) is 0 Å². The van der Waals surface area contributed by atoms with Crippen molar-refractivity contribution in [2.75, 3.05) is 33.4 Å². The van der Waals surface area contributed by atoms with Crippen LogP contribution in [0.3, 0.4) is 0 Å². The number of hydrogen-bond donors (Lipinski definition) is 0. The molecule has 2 saturated heterocycles. The Hall–Kier alpha value is -1.52. The van der Waals surface area contributed by atoms with Crippen LogP contribution >= 0.6 is 0 Å². The van der Waals surface area contributed by atoms with Crippen LogP contribution in [0.1, 0.15) is 25.3 Å². The van der Waals surface area contributed by atoms with Crippen LogP contribution in [0.5, 0.6) is 5.75 Å². The molecule has 0 radical (unpaired) electrons. The first-order valence-corrected chi connectivity index (χ1v) is 8.34. The van der Waals surface area contributed by atoms with E-state index in [2.05, 4.69) is 47.0 Å². The summed E-state index contributed by atoms with van der Waals surface area (Å²) in [5.74, 6) is 1.03. The number of nitrogens with zero attached hydrogens (tertiary/aromatic N) is 2. The van der Waals surface area contributed by atoms with Crippen LogP contribution in [0.4, 0.5) is 0 Å². The van der Waals surface area contributed by atoms with Crippen molar-refractivity contribution in [3.05, 3.63) is 30.5 Å². The van der Waals surface area contributed by atoms with Crippen LogP contribution in [0.2, 0.25) is 0 Å². The van der Waals surface area contributed by atoms with Gasteiger partial charge in [0, 0.05) is 31.3 Å². The minimum atomic E-state index is 0.347. The van der Waals surface area contributed by atoms with E-state index in [0.29, 0.717) is 12.1 Å². The van der Waals surface area contributed by atoms with Gasteiger partial charge in [-0.1, -0.05) is 6.07 Å². The van der Waals surface area contributed by atoms with Gasteiger partial charge in [-0.15, -0.1) is 0 Å². The van der Waals surface area contributed by atoms with Crippen molar-refractivity contribution in [2.24, 2.45) is 0 Å². The standard InChI is InChI=1S/C18H24N2O2/c1-19-9-5-15(6-10-19)22-18-4-2-3-17-16(18)7-11-20(17)14-8-12-21-13-14/h2-4,7,11,14-15H,5-6,8-10,12-13H2,1H3. The highest BCUT2D eigenvalue weighted by molar-refractivity contribution is 5.86. The van der Waals surface area contributed by atoms with E-state index in [1.54, 1.807) is 0 Å². The lowest BCUT2D eigenvalue weighted by molar-refractivity contribution is 0.116. The first-order chi connectivity index (χ1) is 10.8. The Bertz CT molecular complexity index is 638. The number of rotatable bonds is 3. The van der Waals surface area contributed by atoms with Crippen LogP contribution in [0.25, 0.3) is 10.9 Å². The Balaban J connectivity index is 1.59. The van der Waals surface area contributed by atoms with Gasteiger partial charge in [0.25, 0.3) is 0 Å². The summed E-state index contributed by atoms with van der Waals surface area (Å²) < 4.78 is 14.2. The molecule has 0 bridgehead atoms. The summed E-state index contributed by atoms with van der Waals surface area (Å²) in [6.07, 6.45) is 5.86. The summed E-state index contributed by atoms with van der Waals surface area (Å²) in [7, 11) is 2.18. The number of ether oxygens (including phenoxy) is 2. The van der Waals surface area contributed by atoms with Gasteiger partial charge in [0.05, 0.1) is 18.2 Å².